The van der Waals surface area contributed by atoms with Crippen LogP contribution in [0.15, 0.2) is 205 Å². The van der Waals surface area contributed by atoms with Gasteiger partial charge in [0.1, 0.15) is 0 Å². The van der Waals surface area contributed by atoms with E-state index in [9.17, 15) is 0 Å². The summed E-state index contributed by atoms with van der Waals surface area (Å²) < 4.78 is 13.8. The summed E-state index contributed by atoms with van der Waals surface area (Å²) in [6.07, 6.45) is 9.28. The summed E-state index contributed by atoms with van der Waals surface area (Å²) in [6.45, 7) is 0. The monoisotopic (exact) mass is 787 g/mol. The van der Waals surface area contributed by atoms with Crippen molar-refractivity contribution in [1.29, 1.82) is 0 Å². The summed E-state index contributed by atoms with van der Waals surface area (Å²) >= 11 is 2.01. The van der Waals surface area contributed by atoms with Crippen molar-refractivity contribution in [2.75, 3.05) is 4.90 Å². The fraction of sp³-hybridized carbons (Fsp3) is 0.0714. The molecule has 1 atom stereocenters. The summed E-state index contributed by atoms with van der Waals surface area (Å²) in [4.78, 5) is 3.70. The minimum Gasteiger partial charge on any atom is -0.449 e. The zero-order chi connectivity index (χ0) is 39.4. The maximum absolute atomic E-state index is 6.86. The molecule has 4 heteroatoms. The molecule has 2 spiro atoms. The average Bonchev–Trinajstić information content (AvgIpc) is 3.92. The number of benzene rings is 8. The van der Waals surface area contributed by atoms with Gasteiger partial charge in [0, 0.05) is 27.1 Å². The van der Waals surface area contributed by atoms with Gasteiger partial charge in [-0.15, -0.1) is 11.8 Å². The molecule has 8 aromatic carbocycles. The number of fused-ring (bicyclic) bond motifs is 13. The SMILES string of the molecule is C1=C[C@]2(CC=C1c1ccc(N(c3ccccc3)c3ccc4c(c3)Oc3cc5c(cc3O4)C3(c4ccccc4-c4ccccc43)c3ccccc3-5)cc1)Cc1ccccc1S2. The molecule has 8 aromatic rings. The van der Waals surface area contributed by atoms with Gasteiger partial charge in [0.15, 0.2) is 23.0 Å². The fourth-order valence-corrected chi connectivity index (χ4v) is 11.9. The Labute approximate surface area is 353 Å². The van der Waals surface area contributed by atoms with E-state index in [-0.39, 0.29) is 4.75 Å². The van der Waals surface area contributed by atoms with Crippen molar-refractivity contribution < 1.29 is 9.47 Å². The highest BCUT2D eigenvalue weighted by molar-refractivity contribution is 8.01. The molecule has 0 bridgehead atoms. The first-order chi connectivity index (χ1) is 29.6. The van der Waals surface area contributed by atoms with Crippen LogP contribution in [0.4, 0.5) is 17.1 Å². The first-order valence-corrected chi connectivity index (χ1v) is 21.6. The predicted octanol–water partition coefficient (Wildman–Crippen LogP) is 14.8. The van der Waals surface area contributed by atoms with E-state index in [1.54, 1.807) is 0 Å². The molecular formula is C56H37NO2S. The molecule has 0 N–H and O–H groups in total. The molecule has 284 valence electrons. The van der Waals surface area contributed by atoms with Crippen LogP contribution in [0.5, 0.6) is 23.0 Å². The Balaban J connectivity index is 0.846. The van der Waals surface area contributed by atoms with E-state index >= 15 is 0 Å². The van der Waals surface area contributed by atoms with Crippen LogP contribution in [0.3, 0.4) is 0 Å². The third-order valence-corrected chi connectivity index (χ3v) is 14.6. The lowest BCUT2D eigenvalue weighted by molar-refractivity contribution is 0.359. The van der Waals surface area contributed by atoms with Gasteiger partial charge in [0.2, 0.25) is 0 Å². The molecular weight excluding hydrogens is 751 g/mol. The summed E-state index contributed by atoms with van der Waals surface area (Å²) in [5.74, 6) is 2.83. The van der Waals surface area contributed by atoms with Gasteiger partial charge in [-0.3, -0.25) is 0 Å². The minimum absolute atomic E-state index is 0.122. The molecule has 0 aromatic heterocycles. The summed E-state index contributed by atoms with van der Waals surface area (Å²) in [6, 6.07) is 65.7. The van der Waals surface area contributed by atoms with Crippen LogP contribution in [0.2, 0.25) is 0 Å². The molecule has 0 unspecified atom stereocenters. The molecule has 2 heterocycles. The maximum atomic E-state index is 6.86. The quantitative estimate of drug-likeness (QED) is 0.177. The number of anilines is 3. The van der Waals surface area contributed by atoms with Crippen LogP contribution < -0.4 is 14.4 Å². The minimum atomic E-state index is -0.443. The van der Waals surface area contributed by atoms with Crippen molar-refractivity contribution in [1.82, 2.24) is 0 Å². The van der Waals surface area contributed by atoms with Crippen molar-refractivity contribution in [3.63, 3.8) is 0 Å². The molecule has 0 amide bonds. The van der Waals surface area contributed by atoms with E-state index in [1.165, 1.54) is 66.1 Å². The molecule has 0 saturated carbocycles. The number of thioether (sulfide) groups is 1. The van der Waals surface area contributed by atoms with Crippen molar-refractivity contribution in [2.24, 2.45) is 0 Å². The Morgan fingerprint density at radius 1 is 0.467 bits per heavy atom. The van der Waals surface area contributed by atoms with Crippen LogP contribution in [-0.4, -0.2) is 4.75 Å². The van der Waals surface area contributed by atoms with Crippen LogP contribution in [0.1, 0.15) is 39.8 Å². The molecule has 60 heavy (non-hydrogen) atoms. The van der Waals surface area contributed by atoms with Crippen LogP contribution >= 0.6 is 11.8 Å². The third kappa shape index (κ3) is 4.86. The molecule has 5 aliphatic rings. The highest BCUT2D eigenvalue weighted by Gasteiger charge is 2.52. The van der Waals surface area contributed by atoms with Crippen molar-refractivity contribution in [3.05, 3.63) is 234 Å². The molecule has 2 aliphatic heterocycles. The van der Waals surface area contributed by atoms with Gasteiger partial charge in [-0.1, -0.05) is 140 Å². The summed E-state index contributed by atoms with van der Waals surface area (Å²) in [5.41, 5.74) is 16.7. The van der Waals surface area contributed by atoms with Crippen LogP contribution in [-0.2, 0) is 11.8 Å². The first-order valence-electron chi connectivity index (χ1n) is 20.7. The second-order valence-corrected chi connectivity index (χ2v) is 17.9. The van der Waals surface area contributed by atoms with E-state index in [4.69, 9.17) is 9.47 Å². The van der Waals surface area contributed by atoms with Gasteiger partial charge in [0.05, 0.1) is 11.1 Å². The molecule has 0 fully saturated rings. The highest BCUT2D eigenvalue weighted by Crippen LogP contribution is 2.65. The highest BCUT2D eigenvalue weighted by atomic mass is 32.2. The third-order valence-electron chi connectivity index (χ3n) is 13.2. The summed E-state index contributed by atoms with van der Waals surface area (Å²) in [7, 11) is 0. The topological polar surface area (TPSA) is 21.7 Å². The van der Waals surface area contributed by atoms with E-state index in [1.807, 2.05) is 17.8 Å². The van der Waals surface area contributed by atoms with Gasteiger partial charge in [-0.25, -0.2) is 0 Å². The second-order valence-electron chi connectivity index (χ2n) is 16.4. The number of para-hydroxylation sites is 1. The van der Waals surface area contributed by atoms with Crippen molar-refractivity contribution in [3.8, 4) is 45.3 Å². The lowest BCUT2D eigenvalue weighted by atomic mass is 9.70. The second kappa shape index (κ2) is 12.7. The Kier molecular flexibility index (Phi) is 7.20. The normalized spacial score (nSPS) is 17.6. The number of nitrogens with zero attached hydrogens (tertiary/aromatic N) is 1. The van der Waals surface area contributed by atoms with E-state index < -0.39 is 5.41 Å². The van der Waals surface area contributed by atoms with Crippen LogP contribution in [0, 0.1) is 0 Å². The smallest absolute Gasteiger partial charge is 0.172 e. The maximum Gasteiger partial charge on any atom is 0.172 e. The molecule has 0 saturated heterocycles. The Bertz CT molecular complexity index is 3070. The lowest BCUT2D eigenvalue weighted by Crippen LogP contribution is -2.25. The Morgan fingerprint density at radius 3 is 1.75 bits per heavy atom. The number of allylic oxidation sites excluding steroid dienone is 3. The molecule has 13 rings (SSSR count). The van der Waals surface area contributed by atoms with E-state index in [0.29, 0.717) is 11.5 Å². The van der Waals surface area contributed by atoms with Crippen LogP contribution in [0.25, 0.3) is 27.8 Å². The first kappa shape index (κ1) is 33.9. The van der Waals surface area contributed by atoms with Crippen molar-refractivity contribution in [2.45, 2.75) is 27.9 Å². The van der Waals surface area contributed by atoms with Gasteiger partial charge in [-0.05, 0) is 129 Å². The van der Waals surface area contributed by atoms with Gasteiger partial charge >= 0.3 is 0 Å². The van der Waals surface area contributed by atoms with E-state index in [2.05, 4.69) is 199 Å². The fourth-order valence-electron chi connectivity index (χ4n) is 10.5. The van der Waals surface area contributed by atoms with Gasteiger partial charge in [0.25, 0.3) is 0 Å². The zero-order valence-electron chi connectivity index (χ0n) is 32.6. The molecule has 3 aliphatic carbocycles. The summed E-state index contributed by atoms with van der Waals surface area (Å²) in [5, 5.41) is 0. The van der Waals surface area contributed by atoms with E-state index in [0.717, 1.165) is 41.4 Å². The molecule has 3 nitrogen and oxygen atoms in total. The largest absolute Gasteiger partial charge is 0.449 e. The number of rotatable bonds is 4. The van der Waals surface area contributed by atoms with Gasteiger partial charge < -0.3 is 14.4 Å². The number of hydrogen-bond acceptors (Lipinski definition) is 4. The molecule has 0 radical (unpaired) electrons. The standard InChI is InChI=1S/C56H37NO2S/c1-2-13-39(14-3-1)57(40-24-22-36(23-25-40)37-28-30-55(31-29-37)35-38-12-4-11-21-54(38)60-55)41-26-27-50-51(32-41)59-52-33-45-44-17-7-10-20-48(44)56(49(45)34-53(52)58-50)46-18-8-5-15-42(46)43-16-6-9-19-47(43)56/h1-30,32-34H,31,35H2/t55-/m0/s1. The van der Waals surface area contributed by atoms with Crippen molar-refractivity contribution >= 4 is 34.4 Å². The zero-order valence-corrected chi connectivity index (χ0v) is 33.5. The number of ether oxygens (including phenoxy) is 2. The van der Waals surface area contributed by atoms with Gasteiger partial charge in [-0.2, -0.15) is 0 Å². The lowest BCUT2D eigenvalue weighted by Gasteiger charge is -2.31. The predicted molar refractivity (Wildman–Crippen MR) is 244 cm³/mol. The number of hydrogen-bond donors (Lipinski definition) is 0. The average molecular weight is 788 g/mol. The Morgan fingerprint density at radius 2 is 1.05 bits per heavy atom. The Hall–Kier alpha value is -7.01.